The molecule has 1 saturated carbocycles. The smallest absolute Gasteiger partial charge is 0.226 e. The minimum atomic E-state index is -0.252. The maximum Gasteiger partial charge on any atom is 0.226 e. The molecule has 0 spiro atoms. The number of hydrogen-bond acceptors (Lipinski definition) is 3. The molecular formula is C13H18N2OS. The van der Waals surface area contributed by atoms with E-state index in [2.05, 4.69) is 5.32 Å². The van der Waals surface area contributed by atoms with Gasteiger partial charge in [-0.3, -0.25) is 4.79 Å². The lowest BCUT2D eigenvalue weighted by Crippen LogP contribution is -2.48. The van der Waals surface area contributed by atoms with Crippen molar-refractivity contribution in [2.45, 2.75) is 36.1 Å². The van der Waals surface area contributed by atoms with E-state index in [-0.39, 0.29) is 11.4 Å². The van der Waals surface area contributed by atoms with Gasteiger partial charge in [-0.1, -0.05) is 12.1 Å². The van der Waals surface area contributed by atoms with Gasteiger partial charge in [-0.2, -0.15) is 0 Å². The average Bonchev–Trinajstić information content (AvgIpc) is 2.27. The number of rotatable bonds is 4. The minimum absolute atomic E-state index is 0.0219. The largest absolute Gasteiger partial charge is 0.325 e. The Morgan fingerprint density at radius 2 is 2.18 bits per heavy atom. The van der Waals surface area contributed by atoms with Crippen molar-refractivity contribution in [2.24, 2.45) is 5.73 Å². The molecule has 1 aliphatic carbocycles. The predicted octanol–water partition coefficient (Wildman–Crippen LogP) is 2.62. The fourth-order valence-corrected chi connectivity index (χ4v) is 2.62. The van der Waals surface area contributed by atoms with E-state index in [9.17, 15) is 4.79 Å². The molecule has 0 radical (unpaired) electrons. The van der Waals surface area contributed by atoms with Crippen LogP contribution < -0.4 is 11.1 Å². The van der Waals surface area contributed by atoms with Crippen molar-refractivity contribution in [3.8, 4) is 0 Å². The maximum absolute atomic E-state index is 11.9. The lowest BCUT2D eigenvalue weighted by Gasteiger charge is -2.37. The predicted molar refractivity (Wildman–Crippen MR) is 72.2 cm³/mol. The Kier molecular flexibility index (Phi) is 3.74. The summed E-state index contributed by atoms with van der Waals surface area (Å²) in [5.41, 5.74) is 6.69. The molecule has 1 amide bonds. The van der Waals surface area contributed by atoms with E-state index in [0.29, 0.717) is 6.42 Å². The van der Waals surface area contributed by atoms with E-state index in [1.807, 2.05) is 30.5 Å². The topological polar surface area (TPSA) is 55.1 Å². The summed E-state index contributed by atoms with van der Waals surface area (Å²) in [6.07, 6.45) is 5.50. The van der Waals surface area contributed by atoms with Crippen LogP contribution in [0, 0.1) is 0 Å². The third-order valence-corrected chi connectivity index (χ3v) is 4.04. The van der Waals surface area contributed by atoms with Crippen LogP contribution in [0.4, 0.5) is 5.69 Å². The molecule has 3 N–H and O–H groups in total. The summed E-state index contributed by atoms with van der Waals surface area (Å²) in [5.74, 6) is 0.0219. The number of thioether (sulfide) groups is 1. The molecule has 1 aromatic carbocycles. The molecule has 17 heavy (non-hydrogen) atoms. The average molecular weight is 250 g/mol. The fourth-order valence-electron chi connectivity index (χ4n) is 2.07. The van der Waals surface area contributed by atoms with Crippen molar-refractivity contribution in [3.63, 3.8) is 0 Å². The zero-order chi connectivity index (χ0) is 12.3. The highest BCUT2D eigenvalue weighted by atomic mass is 32.2. The molecule has 1 aliphatic rings. The van der Waals surface area contributed by atoms with E-state index in [1.54, 1.807) is 11.8 Å². The second-order valence-corrected chi connectivity index (χ2v) is 5.49. The Morgan fingerprint density at radius 3 is 2.76 bits per heavy atom. The molecule has 0 aromatic heterocycles. The van der Waals surface area contributed by atoms with Crippen molar-refractivity contribution in [2.75, 3.05) is 11.6 Å². The summed E-state index contributed by atoms with van der Waals surface area (Å²) in [4.78, 5) is 13.0. The number of nitrogens with two attached hydrogens (primary N) is 1. The first kappa shape index (κ1) is 12.5. The number of anilines is 1. The first-order chi connectivity index (χ1) is 8.13. The lowest BCUT2D eigenvalue weighted by atomic mass is 9.75. The SMILES string of the molecule is CSc1ccccc1NC(=O)CC1(N)CCC1. The van der Waals surface area contributed by atoms with Crippen LogP contribution in [0.2, 0.25) is 0 Å². The molecule has 92 valence electrons. The summed E-state index contributed by atoms with van der Waals surface area (Å²) in [5, 5.41) is 2.95. The number of amides is 1. The van der Waals surface area contributed by atoms with Gasteiger partial charge in [0, 0.05) is 16.9 Å². The molecular weight excluding hydrogens is 232 g/mol. The highest BCUT2D eigenvalue weighted by Gasteiger charge is 2.34. The van der Waals surface area contributed by atoms with Crippen molar-refractivity contribution in [1.82, 2.24) is 0 Å². The number of carbonyl (C=O) groups excluding carboxylic acids is 1. The van der Waals surface area contributed by atoms with E-state index >= 15 is 0 Å². The van der Waals surface area contributed by atoms with Gasteiger partial charge in [0.15, 0.2) is 0 Å². The third-order valence-electron chi connectivity index (χ3n) is 3.24. The standard InChI is InChI=1S/C13H18N2OS/c1-17-11-6-3-2-5-10(11)15-12(16)9-13(14)7-4-8-13/h2-3,5-6H,4,7-9,14H2,1H3,(H,15,16). The van der Waals surface area contributed by atoms with Gasteiger partial charge in [-0.05, 0) is 37.7 Å². The number of para-hydroxylation sites is 1. The van der Waals surface area contributed by atoms with Crippen LogP contribution in [0.15, 0.2) is 29.2 Å². The normalized spacial score (nSPS) is 17.3. The molecule has 1 aromatic rings. The zero-order valence-corrected chi connectivity index (χ0v) is 10.8. The highest BCUT2D eigenvalue weighted by Crippen LogP contribution is 2.33. The second-order valence-electron chi connectivity index (χ2n) is 4.64. The van der Waals surface area contributed by atoms with Crippen LogP contribution in [0.5, 0.6) is 0 Å². The maximum atomic E-state index is 11.9. The highest BCUT2D eigenvalue weighted by molar-refractivity contribution is 7.98. The van der Waals surface area contributed by atoms with E-state index in [1.165, 1.54) is 0 Å². The van der Waals surface area contributed by atoms with Crippen molar-refractivity contribution < 1.29 is 4.79 Å². The molecule has 0 bridgehead atoms. The van der Waals surface area contributed by atoms with Crippen LogP contribution >= 0.6 is 11.8 Å². The van der Waals surface area contributed by atoms with Gasteiger partial charge in [0.1, 0.15) is 0 Å². The van der Waals surface area contributed by atoms with Gasteiger partial charge >= 0.3 is 0 Å². The van der Waals surface area contributed by atoms with E-state index in [0.717, 1.165) is 29.8 Å². The number of carbonyl (C=O) groups is 1. The monoisotopic (exact) mass is 250 g/mol. The van der Waals surface area contributed by atoms with Crippen LogP contribution in [-0.4, -0.2) is 17.7 Å². The first-order valence-corrected chi connectivity index (χ1v) is 7.07. The Hall–Kier alpha value is -1.00. The number of nitrogens with one attached hydrogen (secondary N) is 1. The Labute approximate surface area is 106 Å². The van der Waals surface area contributed by atoms with Crippen LogP contribution in [0.1, 0.15) is 25.7 Å². The molecule has 1 fully saturated rings. The second kappa shape index (κ2) is 5.10. The molecule has 0 aliphatic heterocycles. The first-order valence-electron chi connectivity index (χ1n) is 5.85. The van der Waals surface area contributed by atoms with Crippen LogP contribution in [0.25, 0.3) is 0 Å². The van der Waals surface area contributed by atoms with Crippen molar-refractivity contribution in [3.05, 3.63) is 24.3 Å². The van der Waals surface area contributed by atoms with Crippen LogP contribution in [0.3, 0.4) is 0 Å². The summed E-state index contributed by atoms with van der Waals surface area (Å²) in [6.45, 7) is 0. The number of benzene rings is 1. The van der Waals surface area contributed by atoms with E-state index in [4.69, 9.17) is 5.73 Å². The van der Waals surface area contributed by atoms with Gasteiger partial charge in [-0.25, -0.2) is 0 Å². The third kappa shape index (κ3) is 3.01. The van der Waals surface area contributed by atoms with Gasteiger partial charge in [0.05, 0.1) is 5.69 Å². The Morgan fingerprint density at radius 1 is 1.47 bits per heavy atom. The zero-order valence-electron chi connectivity index (χ0n) is 10.0. The quantitative estimate of drug-likeness (QED) is 0.808. The molecule has 0 unspecified atom stereocenters. The fraction of sp³-hybridized carbons (Fsp3) is 0.462. The van der Waals surface area contributed by atoms with Gasteiger partial charge < -0.3 is 11.1 Å². The van der Waals surface area contributed by atoms with Gasteiger partial charge in [0.25, 0.3) is 0 Å². The molecule has 0 heterocycles. The summed E-state index contributed by atoms with van der Waals surface area (Å²) in [6, 6.07) is 7.82. The minimum Gasteiger partial charge on any atom is -0.325 e. The Balaban J connectivity index is 1.98. The van der Waals surface area contributed by atoms with Gasteiger partial charge in [-0.15, -0.1) is 11.8 Å². The van der Waals surface area contributed by atoms with E-state index < -0.39 is 0 Å². The summed E-state index contributed by atoms with van der Waals surface area (Å²) >= 11 is 1.63. The molecule has 0 atom stereocenters. The number of hydrogen-bond donors (Lipinski definition) is 2. The lowest BCUT2D eigenvalue weighted by molar-refractivity contribution is -0.118. The van der Waals surface area contributed by atoms with Crippen molar-refractivity contribution in [1.29, 1.82) is 0 Å². The van der Waals surface area contributed by atoms with Gasteiger partial charge in [0.2, 0.25) is 5.91 Å². The molecule has 4 heteroatoms. The summed E-state index contributed by atoms with van der Waals surface area (Å²) < 4.78 is 0. The Bertz CT molecular complexity index is 416. The van der Waals surface area contributed by atoms with Crippen molar-refractivity contribution >= 4 is 23.4 Å². The molecule has 3 nitrogen and oxygen atoms in total. The molecule has 0 saturated heterocycles. The molecule has 2 rings (SSSR count). The summed E-state index contributed by atoms with van der Waals surface area (Å²) in [7, 11) is 0. The van der Waals surface area contributed by atoms with Crippen LogP contribution in [-0.2, 0) is 4.79 Å².